The third-order valence-corrected chi connectivity index (χ3v) is 3.91. The van der Waals surface area contributed by atoms with E-state index >= 15 is 0 Å². The van der Waals surface area contributed by atoms with Crippen molar-refractivity contribution < 1.29 is 0 Å². The molecule has 0 aliphatic rings. The van der Waals surface area contributed by atoms with Crippen molar-refractivity contribution in [3.05, 3.63) is 125 Å². The molecule has 3 heteroatoms. The normalized spacial score (nSPS) is 9.20. The van der Waals surface area contributed by atoms with Crippen LogP contribution in [0.2, 0.25) is 0 Å². The van der Waals surface area contributed by atoms with Gasteiger partial charge in [0.15, 0.2) is 0 Å². The van der Waals surface area contributed by atoms with Crippen molar-refractivity contribution >= 4 is 0 Å². The summed E-state index contributed by atoms with van der Waals surface area (Å²) in [4.78, 5) is 13.1. The monoisotopic (exact) mass is 381 g/mol. The predicted molar refractivity (Wildman–Crippen MR) is 117 cm³/mol. The Morgan fingerprint density at radius 3 is 0.867 bits per heavy atom. The van der Waals surface area contributed by atoms with E-state index in [1.54, 1.807) is 0 Å². The number of aromatic nitrogens is 3. The Hall–Kier alpha value is -4.65. The molecule has 4 rings (SSSR count). The summed E-state index contributed by atoms with van der Waals surface area (Å²) in [5.74, 6) is 19.2. The minimum Gasteiger partial charge on any atom is -0.193 e. The topological polar surface area (TPSA) is 38.7 Å². The molecule has 1 aromatic heterocycles. The summed E-state index contributed by atoms with van der Waals surface area (Å²) in [5, 5.41) is 0. The summed E-state index contributed by atoms with van der Waals surface area (Å²) >= 11 is 0. The van der Waals surface area contributed by atoms with Crippen LogP contribution in [0.1, 0.15) is 34.2 Å². The van der Waals surface area contributed by atoms with Crippen LogP contribution in [0, 0.1) is 35.5 Å². The first kappa shape index (κ1) is 18.7. The number of benzene rings is 3. The van der Waals surface area contributed by atoms with Crippen molar-refractivity contribution in [2.24, 2.45) is 0 Å². The molecule has 0 fully saturated rings. The van der Waals surface area contributed by atoms with Gasteiger partial charge in [-0.3, -0.25) is 0 Å². The van der Waals surface area contributed by atoms with Crippen LogP contribution in [0.15, 0.2) is 91.0 Å². The van der Waals surface area contributed by atoms with E-state index in [-0.39, 0.29) is 0 Å². The molecule has 0 saturated carbocycles. The van der Waals surface area contributed by atoms with E-state index in [0.717, 1.165) is 16.7 Å². The van der Waals surface area contributed by atoms with Crippen LogP contribution in [0.25, 0.3) is 0 Å². The SMILES string of the molecule is C(#Cc1nc(C#Cc2ccccc2)nc(C#Cc2ccccc2)n1)c1ccccc1. The second kappa shape index (κ2) is 9.52. The molecule has 0 spiro atoms. The smallest absolute Gasteiger partial charge is 0.193 e. The minimum atomic E-state index is 0.337. The maximum atomic E-state index is 4.38. The second-order valence-corrected chi connectivity index (χ2v) is 6.15. The van der Waals surface area contributed by atoms with Gasteiger partial charge >= 0.3 is 0 Å². The molecular weight excluding hydrogens is 366 g/mol. The second-order valence-electron chi connectivity index (χ2n) is 6.15. The number of nitrogens with zero attached hydrogens (tertiary/aromatic N) is 3. The summed E-state index contributed by atoms with van der Waals surface area (Å²) in [5.41, 5.74) is 2.64. The summed E-state index contributed by atoms with van der Waals surface area (Å²) in [6.07, 6.45) is 0. The highest BCUT2D eigenvalue weighted by atomic mass is 15.0. The van der Waals surface area contributed by atoms with Crippen LogP contribution in [-0.4, -0.2) is 15.0 Å². The van der Waals surface area contributed by atoms with Crippen LogP contribution in [0.3, 0.4) is 0 Å². The molecule has 0 amide bonds. The van der Waals surface area contributed by atoms with E-state index in [4.69, 9.17) is 0 Å². The quantitative estimate of drug-likeness (QED) is 0.431. The number of hydrogen-bond donors (Lipinski definition) is 0. The van der Waals surface area contributed by atoms with Gasteiger partial charge in [0, 0.05) is 16.7 Å². The molecule has 0 aliphatic heterocycles. The van der Waals surface area contributed by atoms with Gasteiger partial charge < -0.3 is 0 Å². The van der Waals surface area contributed by atoms with E-state index in [1.165, 1.54) is 0 Å². The van der Waals surface area contributed by atoms with E-state index in [9.17, 15) is 0 Å². The fourth-order valence-electron chi connectivity index (χ4n) is 2.49. The molecule has 30 heavy (non-hydrogen) atoms. The van der Waals surface area contributed by atoms with Gasteiger partial charge in [0.05, 0.1) is 0 Å². The molecule has 138 valence electrons. The number of rotatable bonds is 0. The molecule has 0 unspecified atom stereocenters. The standard InChI is InChI=1S/C27H15N3/c1-4-10-22(11-5-1)16-19-25-28-26(20-17-23-12-6-2-7-13-23)30-27(29-25)21-18-24-14-8-3-9-15-24/h1-15H. The zero-order chi connectivity index (χ0) is 20.4. The van der Waals surface area contributed by atoms with Crippen molar-refractivity contribution in [3.8, 4) is 35.5 Å². The molecule has 0 radical (unpaired) electrons. The maximum Gasteiger partial charge on any atom is 0.210 e. The Balaban J connectivity index is 1.71. The highest BCUT2D eigenvalue weighted by Gasteiger charge is 2.01. The van der Waals surface area contributed by atoms with E-state index in [0.29, 0.717) is 17.5 Å². The van der Waals surface area contributed by atoms with Gasteiger partial charge in [-0.05, 0) is 54.2 Å². The first-order chi connectivity index (χ1) is 14.8. The molecule has 0 aliphatic carbocycles. The largest absolute Gasteiger partial charge is 0.210 e. The molecule has 0 saturated heterocycles. The van der Waals surface area contributed by atoms with Gasteiger partial charge in [-0.15, -0.1) is 0 Å². The molecule has 0 N–H and O–H groups in total. The average molecular weight is 381 g/mol. The lowest BCUT2D eigenvalue weighted by atomic mass is 10.2. The van der Waals surface area contributed by atoms with Crippen LogP contribution in [-0.2, 0) is 0 Å². The van der Waals surface area contributed by atoms with Crippen molar-refractivity contribution in [2.75, 3.05) is 0 Å². The van der Waals surface area contributed by atoms with Crippen molar-refractivity contribution in [3.63, 3.8) is 0 Å². The first-order valence-corrected chi connectivity index (χ1v) is 9.32. The average Bonchev–Trinajstić information content (AvgIpc) is 2.82. The van der Waals surface area contributed by atoms with Crippen molar-refractivity contribution in [1.82, 2.24) is 15.0 Å². The molecule has 0 atom stereocenters. The zero-order valence-electron chi connectivity index (χ0n) is 16.0. The first-order valence-electron chi connectivity index (χ1n) is 9.32. The summed E-state index contributed by atoms with van der Waals surface area (Å²) in [6, 6.07) is 29.0. The van der Waals surface area contributed by atoms with Crippen LogP contribution < -0.4 is 0 Å². The third-order valence-electron chi connectivity index (χ3n) is 3.91. The van der Waals surface area contributed by atoms with Gasteiger partial charge in [-0.25, -0.2) is 0 Å². The summed E-state index contributed by atoms with van der Waals surface area (Å²) in [6.45, 7) is 0. The van der Waals surface area contributed by atoms with Gasteiger partial charge in [0.25, 0.3) is 0 Å². The Kier molecular flexibility index (Phi) is 5.93. The lowest BCUT2D eigenvalue weighted by Gasteiger charge is -1.95. The maximum absolute atomic E-state index is 4.38. The third kappa shape index (κ3) is 5.43. The van der Waals surface area contributed by atoms with Crippen LogP contribution >= 0.6 is 0 Å². The fourth-order valence-corrected chi connectivity index (χ4v) is 2.49. The molecule has 3 aromatic carbocycles. The Bertz CT molecular complexity index is 1140. The molecule has 4 aromatic rings. The molecule has 1 heterocycles. The molecular formula is C27H15N3. The van der Waals surface area contributed by atoms with Gasteiger partial charge in [-0.2, -0.15) is 15.0 Å². The van der Waals surface area contributed by atoms with E-state index in [2.05, 4.69) is 50.5 Å². The summed E-state index contributed by atoms with van der Waals surface area (Å²) in [7, 11) is 0. The van der Waals surface area contributed by atoms with Gasteiger partial charge in [0.2, 0.25) is 17.5 Å². The van der Waals surface area contributed by atoms with Gasteiger partial charge in [-0.1, -0.05) is 72.4 Å². The van der Waals surface area contributed by atoms with Crippen molar-refractivity contribution in [1.29, 1.82) is 0 Å². The molecule has 3 nitrogen and oxygen atoms in total. The lowest BCUT2D eigenvalue weighted by Crippen LogP contribution is -2.01. The molecule has 0 bridgehead atoms. The number of hydrogen-bond acceptors (Lipinski definition) is 3. The Morgan fingerprint density at radius 1 is 0.333 bits per heavy atom. The van der Waals surface area contributed by atoms with Crippen LogP contribution in [0.4, 0.5) is 0 Å². The highest BCUT2D eigenvalue weighted by molar-refractivity contribution is 5.43. The van der Waals surface area contributed by atoms with E-state index < -0.39 is 0 Å². The van der Waals surface area contributed by atoms with Gasteiger partial charge in [0.1, 0.15) is 0 Å². The summed E-state index contributed by atoms with van der Waals surface area (Å²) < 4.78 is 0. The Labute approximate surface area is 175 Å². The zero-order valence-corrected chi connectivity index (χ0v) is 16.0. The van der Waals surface area contributed by atoms with E-state index in [1.807, 2.05) is 91.0 Å². The van der Waals surface area contributed by atoms with Crippen molar-refractivity contribution in [2.45, 2.75) is 0 Å². The minimum absolute atomic E-state index is 0.337. The Morgan fingerprint density at radius 2 is 0.600 bits per heavy atom. The van der Waals surface area contributed by atoms with Crippen LogP contribution in [0.5, 0.6) is 0 Å². The fraction of sp³-hybridized carbons (Fsp3) is 0. The lowest BCUT2D eigenvalue weighted by molar-refractivity contribution is 0.977. The highest BCUT2D eigenvalue weighted by Crippen LogP contribution is 2.01. The predicted octanol–water partition coefficient (Wildman–Crippen LogP) is 4.07.